The largest absolute Gasteiger partial charge is 0.497 e. The standard InChI is InChI=1S/C19H14N4O5S/c1-26-14-6-4-13(5-7-14)21-19-22(16(12-29-19)17-3-2-10-27-17)20-11-15-8-9-18(28-15)23(24)25/h2-12H,1H3. The Hall–Kier alpha value is -3.92. The Bertz CT molecular complexity index is 1220. The molecule has 4 aromatic rings. The Kier molecular flexibility index (Phi) is 5.08. The van der Waals surface area contributed by atoms with Crippen LogP contribution in [-0.4, -0.2) is 22.9 Å². The van der Waals surface area contributed by atoms with Crippen molar-refractivity contribution >= 4 is 29.1 Å². The molecule has 29 heavy (non-hydrogen) atoms. The van der Waals surface area contributed by atoms with Crippen LogP contribution < -0.4 is 9.54 Å². The molecule has 0 fully saturated rings. The summed E-state index contributed by atoms with van der Waals surface area (Å²) in [6.07, 6.45) is 2.95. The van der Waals surface area contributed by atoms with Crippen LogP contribution in [0.25, 0.3) is 11.5 Å². The van der Waals surface area contributed by atoms with Crippen molar-refractivity contribution in [3.63, 3.8) is 0 Å². The van der Waals surface area contributed by atoms with Gasteiger partial charge in [-0.2, -0.15) is 5.10 Å². The van der Waals surface area contributed by atoms with Crippen LogP contribution in [0.5, 0.6) is 5.75 Å². The molecule has 10 heteroatoms. The number of methoxy groups -OCH3 is 1. The van der Waals surface area contributed by atoms with Crippen molar-refractivity contribution < 1.29 is 18.5 Å². The van der Waals surface area contributed by atoms with Gasteiger partial charge in [-0.1, -0.05) is 0 Å². The molecule has 0 unspecified atom stereocenters. The summed E-state index contributed by atoms with van der Waals surface area (Å²) in [5.74, 6) is 1.24. The van der Waals surface area contributed by atoms with Crippen molar-refractivity contribution in [1.82, 2.24) is 4.68 Å². The fourth-order valence-electron chi connectivity index (χ4n) is 2.48. The van der Waals surface area contributed by atoms with E-state index < -0.39 is 4.92 Å². The number of nitrogens with zero attached hydrogens (tertiary/aromatic N) is 4. The number of aromatic nitrogens is 1. The summed E-state index contributed by atoms with van der Waals surface area (Å²) in [4.78, 5) is 15.4. The molecule has 0 spiro atoms. The first kappa shape index (κ1) is 18.4. The summed E-state index contributed by atoms with van der Waals surface area (Å²) in [7, 11) is 1.60. The highest BCUT2D eigenvalue weighted by atomic mass is 32.1. The zero-order chi connectivity index (χ0) is 20.2. The van der Waals surface area contributed by atoms with Crippen molar-refractivity contribution in [2.45, 2.75) is 0 Å². The topological polar surface area (TPSA) is 108 Å². The van der Waals surface area contributed by atoms with Gasteiger partial charge in [-0.05, 0) is 42.5 Å². The van der Waals surface area contributed by atoms with Crippen LogP contribution in [0.15, 0.2) is 79.1 Å². The average Bonchev–Trinajstić information content (AvgIpc) is 3.48. The lowest BCUT2D eigenvalue weighted by Crippen LogP contribution is -2.11. The van der Waals surface area contributed by atoms with Gasteiger partial charge in [0.2, 0.25) is 4.80 Å². The molecule has 0 aliphatic heterocycles. The van der Waals surface area contributed by atoms with Gasteiger partial charge in [-0.25, -0.2) is 9.67 Å². The van der Waals surface area contributed by atoms with E-state index in [0.29, 0.717) is 16.3 Å². The van der Waals surface area contributed by atoms with E-state index in [1.807, 2.05) is 35.7 Å². The summed E-state index contributed by atoms with van der Waals surface area (Å²) in [5, 5.41) is 17.1. The van der Waals surface area contributed by atoms with Gasteiger partial charge in [0.05, 0.1) is 31.3 Å². The molecule has 0 atom stereocenters. The van der Waals surface area contributed by atoms with E-state index in [1.54, 1.807) is 24.1 Å². The SMILES string of the molecule is COc1ccc(N=c2scc(-c3ccco3)n2N=Cc2ccc([N+](=O)[O-])o2)cc1. The number of ether oxygens (including phenoxy) is 1. The number of hydrogen-bond acceptors (Lipinski definition) is 8. The molecular formula is C19H14N4O5S. The van der Waals surface area contributed by atoms with Crippen LogP contribution in [0.4, 0.5) is 11.6 Å². The molecule has 146 valence electrons. The molecule has 0 saturated carbocycles. The second kappa shape index (κ2) is 7.98. The normalized spacial score (nSPS) is 12.0. The quantitative estimate of drug-likeness (QED) is 0.265. The van der Waals surface area contributed by atoms with Crippen LogP contribution in [0.3, 0.4) is 0 Å². The summed E-state index contributed by atoms with van der Waals surface area (Å²) in [6.45, 7) is 0. The Balaban J connectivity index is 1.76. The lowest BCUT2D eigenvalue weighted by atomic mass is 10.3. The molecule has 0 aliphatic rings. The van der Waals surface area contributed by atoms with E-state index in [9.17, 15) is 10.1 Å². The zero-order valence-electron chi connectivity index (χ0n) is 15.1. The Morgan fingerprint density at radius 1 is 1.21 bits per heavy atom. The maximum absolute atomic E-state index is 10.8. The zero-order valence-corrected chi connectivity index (χ0v) is 15.9. The van der Waals surface area contributed by atoms with Crippen molar-refractivity contribution in [1.29, 1.82) is 0 Å². The van der Waals surface area contributed by atoms with E-state index in [1.165, 1.54) is 29.7 Å². The molecule has 0 aliphatic carbocycles. The maximum atomic E-state index is 10.8. The summed E-state index contributed by atoms with van der Waals surface area (Å²) in [6, 6.07) is 13.6. The van der Waals surface area contributed by atoms with Gasteiger partial charge in [-0.3, -0.25) is 10.1 Å². The second-order valence-corrected chi connectivity index (χ2v) is 6.52. The predicted molar refractivity (Wildman–Crippen MR) is 107 cm³/mol. The van der Waals surface area contributed by atoms with Gasteiger partial charge in [0.1, 0.15) is 16.4 Å². The minimum absolute atomic E-state index is 0.246. The fraction of sp³-hybridized carbons (Fsp3) is 0.0526. The van der Waals surface area contributed by atoms with E-state index in [4.69, 9.17) is 13.6 Å². The van der Waals surface area contributed by atoms with Gasteiger partial charge in [0, 0.05) is 5.38 Å². The van der Waals surface area contributed by atoms with Crippen molar-refractivity contribution in [2.24, 2.45) is 10.1 Å². The number of hydrogen-bond donors (Lipinski definition) is 0. The second-order valence-electron chi connectivity index (χ2n) is 5.68. The number of nitro groups is 1. The van der Waals surface area contributed by atoms with E-state index >= 15 is 0 Å². The Labute approximate surface area is 168 Å². The smallest absolute Gasteiger partial charge is 0.433 e. The highest BCUT2D eigenvalue weighted by molar-refractivity contribution is 7.07. The van der Waals surface area contributed by atoms with Crippen LogP contribution in [0.2, 0.25) is 0 Å². The molecule has 0 N–H and O–H groups in total. The van der Waals surface area contributed by atoms with Crippen molar-refractivity contribution in [2.75, 3.05) is 7.11 Å². The lowest BCUT2D eigenvalue weighted by Gasteiger charge is -2.01. The summed E-state index contributed by atoms with van der Waals surface area (Å²) in [5.41, 5.74) is 1.40. The summed E-state index contributed by atoms with van der Waals surface area (Å²) < 4.78 is 17.4. The molecule has 3 aromatic heterocycles. The first-order valence-corrected chi connectivity index (χ1v) is 9.24. The minimum Gasteiger partial charge on any atom is -0.497 e. The molecule has 1 aromatic carbocycles. The third-order valence-corrected chi connectivity index (χ3v) is 4.67. The van der Waals surface area contributed by atoms with Crippen LogP contribution in [-0.2, 0) is 0 Å². The van der Waals surface area contributed by atoms with E-state index in [0.717, 1.165) is 11.4 Å². The van der Waals surface area contributed by atoms with Gasteiger partial charge in [0.15, 0.2) is 11.5 Å². The number of benzene rings is 1. The van der Waals surface area contributed by atoms with Crippen molar-refractivity contribution in [3.8, 4) is 17.2 Å². The monoisotopic (exact) mass is 410 g/mol. The highest BCUT2D eigenvalue weighted by Crippen LogP contribution is 2.22. The van der Waals surface area contributed by atoms with Crippen LogP contribution in [0, 0.1) is 10.1 Å². The van der Waals surface area contributed by atoms with Crippen LogP contribution in [0.1, 0.15) is 5.76 Å². The van der Waals surface area contributed by atoms with Gasteiger partial charge in [0.25, 0.3) is 0 Å². The summed E-state index contributed by atoms with van der Waals surface area (Å²) >= 11 is 1.38. The lowest BCUT2D eigenvalue weighted by molar-refractivity contribution is -0.402. The highest BCUT2D eigenvalue weighted by Gasteiger charge is 2.12. The fourth-order valence-corrected chi connectivity index (χ4v) is 3.31. The van der Waals surface area contributed by atoms with Crippen molar-refractivity contribution in [3.05, 3.63) is 80.9 Å². The third-order valence-electron chi connectivity index (χ3n) is 3.85. The molecule has 0 bridgehead atoms. The third kappa shape index (κ3) is 4.01. The molecule has 4 rings (SSSR count). The van der Waals surface area contributed by atoms with Crippen LogP contribution >= 0.6 is 11.3 Å². The maximum Gasteiger partial charge on any atom is 0.433 e. The average molecular weight is 410 g/mol. The first-order valence-electron chi connectivity index (χ1n) is 8.36. The molecular weight excluding hydrogens is 396 g/mol. The number of rotatable bonds is 6. The van der Waals surface area contributed by atoms with Gasteiger partial charge in [-0.15, -0.1) is 11.3 Å². The molecule has 0 amide bonds. The minimum atomic E-state index is -0.603. The van der Waals surface area contributed by atoms with Gasteiger partial charge >= 0.3 is 5.88 Å². The number of furan rings is 2. The first-order chi connectivity index (χ1) is 14.1. The Morgan fingerprint density at radius 3 is 2.69 bits per heavy atom. The van der Waals surface area contributed by atoms with Gasteiger partial charge < -0.3 is 13.6 Å². The van der Waals surface area contributed by atoms with E-state index in [-0.39, 0.29) is 11.6 Å². The molecule has 0 saturated heterocycles. The molecule has 9 nitrogen and oxygen atoms in total. The Morgan fingerprint density at radius 2 is 2.03 bits per heavy atom. The molecule has 0 radical (unpaired) electrons. The molecule has 3 heterocycles. The predicted octanol–water partition coefficient (Wildman–Crippen LogP) is 4.43. The van der Waals surface area contributed by atoms with E-state index in [2.05, 4.69) is 10.1 Å². The number of thiazole rings is 1.